The number of benzene rings is 1. The molecule has 0 aliphatic rings. The Bertz CT molecular complexity index is 862. The van der Waals surface area contributed by atoms with E-state index in [2.05, 4.69) is 0 Å². The van der Waals surface area contributed by atoms with Gasteiger partial charge in [-0.2, -0.15) is 5.26 Å². The first kappa shape index (κ1) is 17.4. The summed E-state index contributed by atoms with van der Waals surface area (Å²) in [6.45, 7) is 4.11. The zero-order valence-corrected chi connectivity index (χ0v) is 14.6. The highest BCUT2D eigenvalue weighted by molar-refractivity contribution is 7.91. The van der Waals surface area contributed by atoms with Crippen LogP contribution in [0.1, 0.15) is 16.8 Å². The molecule has 0 amide bonds. The van der Waals surface area contributed by atoms with Crippen molar-refractivity contribution in [3.8, 4) is 6.07 Å². The summed E-state index contributed by atoms with van der Waals surface area (Å²) in [5.74, 6) is -0.372. The highest BCUT2D eigenvalue weighted by Crippen LogP contribution is 2.30. The molecule has 5 nitrogen and oxygen atoms in total. The Labute approximate surface area is 141 Å². The van der Waals surface area contributed by atoms with Gasteiger partial charge in [0.1, 0.15) is 16.5 Å². The Kier molecular flexibility index (Phi) is 5.03. The third kappa shape index (κ3) is 3.52. The van der Waals surface area contributed by atoms with Crippen LogP contribution in [-0.4, -0.2) is 18.7 Å². The van der Waals surface area contributed by atoms with E-state index in [0.29, 0.717) is 23.6 Å². The van der Waals surface area contributed by atoms with E-state index in [4.69, 9.17) is 22.6 Å². The van der Waals surface area contributed by atoms with Crippen LogP contribution in [0.5, 0.6) is 0 Å². The maximum Gasteiger partial charge on any atom is 0.195 e. The van der Waals surface area contributed by atoms with Crippen LogP contribution >= 0.6 is 11.6 Å². The van der Waals surface area contributed by atoms with Crippen molar-refractivity contribution < 1.29 is 8.42 Å². The first-order chi connectivity index (χ1) is 10.8. The fourth-order valence-corrected chi connectivity index (χ4v) is 4.08. The topological polar surface area (TPSA) is 88.9 Å². The largest absolute Gasteiger partial charge is 0.384 e. The number of sulfone groups is 1. The molecule has 1 heterocycles. The van der Waals surface area contributed by atoms with Gasteiger partial charge in [-0.1, -0.05) is 23.7 Å². The lowest BCUT2D eigenvalue weighted by Crippen LogP contribution is -2.11. The fourth-order valence-electron chi connectivity index (χ4n) is 2.59. The maximum absolute atomic E-state index is 12.2. The smallest absolute Gasteiger partial charge is 0.195 e. The first-order valence-electron chi connectivity index (χ1n) is 7.07. The molecular formula is C16H18ClN3O2S. The first-order valence-corrected chi connectivity index (χ1v) is 9.10. The molecule has 0 radical (unpaired) electrons. The Morgan fingerprint density at radius 2 is 1.87 bits per heavy atom. The molecule has 2 rings (SSSR count). The molecule has 2 aromatic rings. The standard InChI is InChI=1S/C16H18ClN3O2S/c1-11-12(2)20(9-7-13-3-5-14(17)6-4-13)16(19)15(11)23(21,22)10-8-18/h3-6H,7,9-10,19H2,1-2H3. The van der Waals surface area contributed by atoms with Gasteiger partial charge in [-0.25, -0.2) is 8.42 Å². The van der Waals surface area contributed by atoms with Crippen LogP contribution in [0.4, 0.5) is 5.82 Å². The van der Waals surface area contributed by atoms with Gasteiger partial charge in [-0.15, -0.1) is 0 Å². The number of nitrogens with two attached hydrogens (primary N) is 1. The molecule has 0 aliphatic carbocycles. The number of aryl methyl sites for hydroxylation is 1. The monoisotopic (exact) mass is 351 g/mol. The molecule has 0 fully saturated rings. The lowest BCUT2D eigenvalue weighted by molar-refractivity contribution is 0.599. The lowest BCUT2D eigenvalue weighted by Gasteiger charge is -2.09. The van der Waals surface area contributed by atoms with E-state index in [1.807, 2.05) is 31.2 Å². The summed E-state index contributed by atoms with van der Waals surface area (Å²) >= 11 is 5.87. The summed E-state index contributed by atoms with van der Waals surface area (Å²) < 4.78 is 26.2. The quantitative estimate of drug-likeness (QED) is 0.896. The van der Waals surface area contributed by atoms with Crippen molar-refractivity contribution in [2.45, 2.75) is 31.7 Å². The summed E-state index contributed by atoms with van der Waals surface area (Å²) in [6.07, 6.45) is 0.702. The molecule has 0 aliphatic heterocycles. The molecule has 2 N–H and O–H groups in total. The summed E-state index contributed by atoms with van der Waals surface area (Å²) in [6, 6.07) is 9.18. The molecule has 0 saturated carbocycles. The lowest BCUT2D eigenvalue weighted by atomic mass is 10.1. The van der Waals surface area contributed by atoms with E-state index in [1.165, 1.54) is 0 Å². The van der Waals surface area contributed by atoms with Gasteiger partial charge in [-0.05, 0) is 43.5 Å². The van der Waals surface area contributed by atoms with Crippen molar-refractivity contribution >= 4 is 27.3 Å². The van der Waals surface area contributed by atoms with E-state index < -0.39 is 15.6 Å². The summed E-state index contributed by atoms with van der Waals surface area (Å²) in [5.41, 5.74) is 8.55. The average molecular weight is 352 g/mol. The van der Waals surface area contributed by atoms with Gasteiger partial charge >= 0.3 is 0 Å². The number of anilines is 1. The third-order valence-electron chi connectivity index (χ3n) is 3.91. The van der Waals surface area contributed by atoms with Crippen molar-refractivity contribution in [3.63, 3.8) is 0 Å². The number of aromatic nitrogens is 1. The molecule has 1 aromatic heterocycles. The van der Waals surface area contributed by atoms with Crippen LogP contribution in [0.25, 0.3) is 0 Å². The summed E-state index contributed by atoms with van der Waals surface area (Å²) in [5, 5.41) is 9.38. The van der Waals surface area contributed by atoms with Gasteiger partial charge in [0.05, 0.1) is 6.07 Å². The number of rotatable bonds is 5. The Hall–Kier alpha value is -1.97. The minimum atomic E-state index is -3.69. The fraction of sp³-hybridized carbons (Fsp3) is 0.312. The molecule has 0 saturated heterocycles. The molecular weight excluding hydrogens is 334 g/mol. The van der Waals surface area contributed by atoms with Gasteiger partial charge in [0.2, 0.25) is 0 Å². The second-order valence-corrected chi connectivity index (χ2v) is 7.73. The van der Waals surface area contributed by atoms with Gasteiger partial charge in [-0.3, -0.25) is 0 Å². The van der Waals surface area contributed by atoms with E-state index in [9.17, 15) is 8.42 Å². The molecule has 0 unspecified atom stereocenters. The van der Waals surface area contributed by atoms with Gasteiger partial charge in [0, 0.05) is 17.3 Å². The predicted molar refractivity (Wildman–Crippen MR) is 91.1 cm³/mol. The number of nitriles is 1. The Balaban J connectivity index is 2.34. The van der Waals surface area contributed by atoms with E-state index in [-0.39, 0.29) is 10.7 Å². The van der Waals surface area contributed by atoms with E-state index in [0.717, 1.165) is 11.3 Å². The van der Waals surface area contributed by atoms with Gasteiger partial charge < -0.3 is 10.3 Å². The van der Waals surface area contributed by atoms with E-state index >= 15 is 0 Å². The van der Waals surface area contributed by atoms with Crippen LogP contribution in [0.2, 0.25) is 5.02 Å². The normalized spacial score (nSPS) is 11.4. The SMILES string of the molecule is Cc1c(S(=O)(=O)CC#N)c(N)n(CCc2ccc(Cl)cc2)c1C. The number of nitrogens with zero attached hydrogens (tertiary/aromatic N) is 2. The van der Waals surface area contributed by atoms with Crippen molar-refractivity contribution in [2.75, 3.05) is 11.5 Å². The maximum atomic E-state index is 12.2. The highest BCUT2D eigenvalue weighted by Gasteiger charge is 2.26. The molecule has 23 heavy (non-hydrogen) atoms. The third-order valence-corrected chi connectivity index (χ3v) is 5.81. The van der Waals surface area contributed by atoms with Crippen LogP contribution < -0.4 is 5.73 Å². The Morgan fingerprint density at radius 1 is 1.26 bits per heavy atom. The van der Waals surface area contributed by atoms with Gasteiger partial charge in [0.15, 0.2) is 9.84 Å². The number of halogens is 1. The zero-order chi connectivity index (χ0) is 17.2. The Morgan fingerprint density at radius 3 is 2.43 bits per heavy atom. The highest BCUT2D eigenvalue weighted by atomic mass is 35.5. The van der Waals surface area contributed by atoms with E-state index in [1.54, 1.807) is 17.6 Å². The van der Waals surface area contributed by atoms with Crippen molar-refractivity contribution in [1.82, 2.24) is 4.57 Å². The molecule has 122 valence electrons. The minimum absolute atomic E-state index is 0.0765. The summed E-state index contributed by atoms with van der Waals surface area (Å²) in [7, 11) is -3.69. The number of nitrogen functional groups attached to an aromatic ring is 1. The molecule has 0 spiro atoms. The zero-order valence-electron chi connectivity index (χ0n) is 13.0. The summed E-state index contributed by atoms with van der Waals surface area (Å²) in [4.78, 5) is 0.0765. The minimum Gasteiger partial charge on any atom is -0.384 e. The molecule has 0 atom stereocenters. The molecule has 0 bridgehead atoms. The van der Waals surface area contributed by atoms with Gasteiger partial charge in [0.25, 0.3) is 0 Å². The van der Waals surface area contributed by atoms with Crippen molar-refractivity contribution in [3.05, 3.63) is 46.1 Å². The van der Waals surface area contributed by atoms with Crippen LogP contribution in [0.3, 0.4) is 0 Å². The molecule has 7 heteroatoms. The van der Waals surface area contributed by atoms with Crippen LogP contribution in [0, 0.1) is 25.2 Å². The number of hydrogen-bond donors (Lipinski definition) is 1. The predicted octanol–water partition coefficient (Wildman–Crippen LogP) is 2.88. The van der Waals surface area contributed by atoms with Crippen LogP contribution in [0.15, 0.2) is 29.2 Å². The average Bonchev–Trinajstić information content (AvgIpc) is 2.69. The van der Waals surface area contributed by atoms with Crippen molar-refractivity contribution in [1.29, 1.82) is 5.26 Å². The van der Waals surface area contributed by atoms with Crippen molar-refractivity contribution in [2.24, 2.45) is 0 Å². The number of hydrogen-bond acceptors (Lipinski definition) is 4. The second kappa shape index (κ2) is 6.65. The second-order valence-electron chi connectivity index (χ2n) is 5.37. The van der Waals surface area contributed by atoms with Crippen LogP contribution in [-0.2, 0) is 22.8 Å². The molecule has 1 aromatic carbocycles.